The van der Waals surface area contributed by atoms with E-state index in [4.69, 9.17) is 0 Å². The van der Waals surface area contributed by atoms with Gasteiger partial charge >= 0.3 is 0 Å². The minimum Gasteiger partial charge on any atom is -0.507 e. The molecular weight excluding hydrogens is 240 g/mol. The van der Waals surface area contributed by atoms with Gasteiger partial charge in [-0.3, -0.25) is 4.90 Å². The number of fused-ring (bicyclic) bond motifs is 1. The van der Waals surface area contributed by atoms with Crippen LogP contribution in [0.2, 0.25) is 0 Å². The normalized spacial score (nSPS) is 28.5. The number of aromatic hydroxyl groups is 2. The summed E-state index contributed by atoms with van der Waals surface area (Å²) in [6.45, 7) is 4.40. The standard InChI is InChI=1S/C15H22N2O2/c1-10(15-13(18)5-2-6-14(15)19)16-11-7-9-17-8-3-4-12(11)17/h2,5-6,10-12,16,18-19H,3-4,7-9H2,1H3. The molecule has 0 amide bonds. The van der Waals surface area contributed by atoms with Crippen LogP contribution in [0, 0.1) is 0 Å². The Morgan fingerprint density at radius 3 is 2.68 bits per heavy atom. The summed E-state index contributed by atoms with van der Waals surface area (Å²) in [4.78, 5) is 2.55. The van der Waals surface area contributed by atoms with Crippen LogP contribution in [0.25, 0.3) is 0 Å². The number of hydrogen-bond donors (Lipinski definition) is 3. The number of nitrogens with one attached hydrogen (secondary N) is 1. The van der Waals surface area contributed by atoms with E-state index in [-0.39, 0.29) is 17.5 Å². The van der Waals surface area contributed by atoms with Crippen molar-refractivity contribution in [2.24, 2.45) is 0 Å². The first-order valence-electron chi connectivity index (χ1n) is 7.18. The molecule has 0 spiro atoms. The minimum absolute atomic E-state index is 0.0354. The second-order valence-electron chi connectivity index (χ2n) is 5.74. The van der Waals surface area contributed by atoms with E-state index in [1.165, 1.54) is 25.9 Å². The number of hydrogen-bond acceptors (Lipinski definition) is 4. The van der Waals surface area contributed by atoms with Gasteiger partial charge < -0.3 is 15.5 Å². The van der Waals surface area contributed by atoms with Crippen molar-refractivity contribution >= 4 is 0 Å². The molecule has 0 saturated carbocycles. The summed E-state index contributed by atoms with van der Waals surface area (Å²) in [5.74, 6) is 0.336. The summed E-state index contributed by atoms with van der Waals surface area (Å²) < 4.78 is 0. The Morgan fingerprint density at radius 1 is 1.21 bits per heavy atom. The van der Waals surface area contributed by atoms with Crippen molar-refractivity contribution in [2.75, 3.05) is 13.1 Å². The number of nitrogens with zero attached hydrogens (tertiary/aromatic N) is 1. The average Bonchev–Trinajstić information content (AvgIpc) is 2.94. The zero-order chi connectivity index (χ0) is 13.4. The first kappa shape index (κ1) is 12.8. The molecule has 4 heteroatoms. The van der Waals surface area contributed by atoms with Crippen LogP contribution in [0.15, 0.2) is 18.2 Å². The minimum atomic E-state index is -0.0354. The molecule has 104 valence electrons. The molecule has 1 aromatic carbocycles. The molecule has 3 atom stereocenters. The Hall–Kier alpha value is -1.26. The van der Waals surface area contributed by atoms with Crippen molar-refractivity contribution < 1.29 is 10.2 Å². The zero-order valence-corrected chi connectivity index (χ0v) is 11.3. The maximum Gasteiger partial charge on any atom is 0.124 e. The molecule has 3 N–H and O–H groups in total. The van der Waals surface area contributed by atoms with Crippen molar-refractivity contribution in [3.05, 3.63) is 23.8 Å². The van der Waals surface area contributed by atoms with Gasteiger partial charge in [-0.05, 0) is 44.9 Å². The molecule has 0 aromatic heterocycles. The highest BCUT2D eigenvalue weighted by Gasteiger charge is 2.37. The van der Waals surface area contributed by atoms with Crippen molar-refractivity contribution in [3.8, 4) is 11.5 Å². The smallest absolute Gasteiger partial charge is 0.124 e. The zero-order valence-electron chi connectivity index (χ0n) is 11.3. The summed E-state index contributed by atoms with van der Waals surface area (Å²) >= 11 is 0. The second-order valence-corrected chi connectivity index (χ2v) is 5.74. The molecular formula is C15H22N2O2. The third-order valence-corrected chi connectivity index (χ3v) is 4.56. The summed E-state index contributed by atoms with van der Waals surface area (Å²) in [5, 5.41) is 23.4. The molecule has 2 aliphatic heterocycles. The molecule has 2 heterocycles. The Balaban J connectivity index is 1.73. The van der Waals surface area contributed by atoms with Gasteiger partial charge in [-0.1, -0.05) is 6.07 Å². The second kappa shape index (κ2) is 5.02. The summed E-state index contributed by atoms with van der Waals surface area (Å²) in [6, 6.07) is 5.99. The van der Waals surface area contributed by atoms with Crippen LogP contribution in [0.3, 0.4) is 0 Å². The maximum atomic E-state index is 9.91. The Labute approximate surface area is 114 Å². The molecule has 3 rings (SSSR count). The van der Waals surface area contributed by atoms with E-state index in [0.29, 0.717) is 17.6 Å². The summed E-state index contributed by atoms with van der Waals surface area (Å²) in [5.41, 5.74) is 0.610. The predicted octanol–water partition coefficient (Wildman–Crippen LogP) is 1.99. The van der Waals surface area contributed by atoms with Gasteiger partial charge in [0.15, 0.2) is 0 Å². The molecule has 2 fully saturated rings. The van der Waals surface area contributed by atoms with Gasteiger partial charge in [0.25, 0.3) is 0 Å². The van der Waals surface area contributed by atoms with Crippen LogP contribution in [0.1, 0.15) is 37.8 Å². The van der Waals surface area contributed by atoms with Crippen molar-refractivity contribution in [1.29, 1.82) is 0 Å². The van der Waals surface area contributed by atoms with Crippen LogP contribution >= 0.6 is 0 Å². The Kier molecular flexibility index (Phi) is 3.37. The molecule has 0 aliphatic carbocycles. The number of phenolic OH excluding ortho intramolecular Hbond substituents is 2. The van der Waals surface area contributed by atoms with Crippen LogP contribution in [-0.4, -0.2) is 40.3 Å². The lowest BCUT2D eigenvalue weighted by Gasteiger charge is -2.26. The maximum absolute atomic E-state index is 9.91. The molecule has 1 aromatic rings. The molecule has 4 nitrogen and oxygen atoms in total. The fourth-order valence-corrected chi connectivity index (χ4v) is 3.67. The lowest BCUT2D eigenvalue weighted by molar-refractivity contribution is 0.289. The van der Waals surface area contributed by atoms with Crippen LogP contribution in [-0.2, 0) is 0 Å². The van der Waals surface area contributed by atoms with Gasteiger partial charge in [-0.25, -0.2) is 0 Å². The van der Waals surface area contributed by atoms with E-state index < -0.39 is 0 Å². The lowest BCUT2D eigenvalue weighted by Crippen LogP contribution is -2.40. The Morgan fingerprint density at radius 2 is 1.95 bits per heavy atom. The van der Waals surface area contributed by atoms with E-state index >= 15 is 0 Å². The molecule has 0 radical (unpaired) electrons. The fourth-order valence-electron chi connectivity index (χ4n) is 3.67. The quantitative estimate of drug-likeness (QED) is 0.779. The van der Waals surface area contributed by atoms with E-state index in [1.807, 2.05) is 6.92 Å². The van der Waals surface area contributed by atoms with Gasteiger partial charge in [0.2, 0.25) is 0 Å². The number of phenols is 2. The highest BCUT2D eigenvalue weighted by Crippen LogP contribution is 2.35. The van der Waals surface area contributed by atoms with Crippen LogP contribution < -0.4 is 5.32 Å². The predicted molar refractivity (Wildman–Crippen MR) is 74.3 cm³/mol. The van der Waals surface area contributed by atoms with Gasteiger partial charge in [0, 0.05) is 24.7 Å². The highest BCUT2D eigenvalue weighted by atomic mass is 16.3. The van der Waals surface area contributed by atoms with E-state index in [9.17, 15) is 10.2 Å². The highest BCUT2D eigenvalue weighted by molar-refractivity contribution is 5.45. The summed E-state index contributed by atoms with van der Waals surface area (Å²) in [7, 11) is 0. The summed E-state index contributed by atoms with van der Waals surface area (Å²) in [6.07, 6.45) is 3.71. The van der Waals surface area contributed by atoms with Crippen LogP contribution in [0.4, 0.5) is 0 Å². The first-order chi connectivity index (χ1) is 9.16. The molecule has 3 unspecified atom stereocenters. The largest absolute Gasteiger partial charge is 0.507 e. The van der Waals surface area contributed by atoms with Crippen molar-refractivity contribution in [3.63, 3.8) is 0 Å². The molecule has 2 saturated heterocycles. The van der Waals surface area contributed by atoms with Gasteiger partial charge in [0.05, 0.1) is 5.56 Å². The molecule has 2 aliphatic rings. The third-order valence-electron chi connectivity index (χ3n) is 4.56. The van der Waals surface area contributed by atoms with Crippen LogP contribution in [0.5, 0.6) is 11.5 Å². The lowest BCUT2D eigenvalue weighted by atomic mass is 10.0. The van der Waals surface area contributed by atoms with E-state index in [1.54, 1.807) is 18.2 Å². The van der Waals surface area contributed by atoms with E-state index in [2.05, 4.69) is 10.2 Å². The average molecular weight is 262 g/mol. The van der Waals surface area contributed by atoms with Gasteiger partial charge in [0.1, 0.15) is 11.5 Å². The number of rotatable bonds is 3. The third kappa shape index (κ3) is 2.30. The topological polar surface area (TPSA) is 55.7 Å². The van der Waals surface area contributed by atoms with Crippen molar-refractivity contribution in [1.82, 2.24) is 10.2 Å². The van der Waals surface area contributed by atoms with E-state index in [0.717, 1.165) is 6.42 Å². The first-order valence-corrected chi connectivity index (χ1v) is 7.18. The SMILES string of the molecule is CC(NC1CCN2CCCC12)c1c(O)cccc1O. The monoisotopic (exact) mass is 262 g/mol. The van der Waals surface area contributed by atoms with Gasteiger partial charge in [-0.15, -0.1) is 0 Å². The molecule has 19 heavy (non-hydrogen) atoms. The fraction of sp³-hybridized carbons (Fsp3) is 0.600. The Bertz CT molecular complexity index is 443. The van der Waals surface area contributed by atoms with Gasteiger partial charge in [-0.2, -0.15) is 0 Å². The number of benzene rings is 1. The van der Waals surface area contributed by atoms with Crippen molar-refractivity contribution in [2.45, 2.75) is 44.3 Å². The molecule has 0 bridgehead atoms.